The van der Waals surface area contributed by atoms with Crippen LogP contribution in [0.1, 0.15) is 35.5 Å². The van der Waals surface area contributed by atoms with Crippen molar-refractivity contribution < 1.29 is 14.0 Å². The van der Waals surface area contributed by atoms with E-state index in [1.807, 2.05) is 0 Å². The van der Waals surface area contributed by atoms with Crippen molar-refractivity contribution in [1.29, 1.82) is 0 Å². The summed E-state index contributed by atoms with van der Waals surface area (Å²) in [6, 6.07) is 8.99. The molecular formula is C21H20Cl2N4O3S. The van der Waals surface area contributed by atoms with E-state index in [2.05, 4.69) is 15.6 Å². The zero-order valence-corrected chi connectivity index (χ0v) is 18.8. The summed E-state index contributed by atoms with van der Waals surface area (Å²) in [5.74, 6) is 0.375. The van der Waals surface area contributed by atoms with Crippen molar-refractivity contribution >= 4 is 57.2 Å². The van der Waals surface area contributed by atoms with Gasteiger partial charge in [0.15, 0.2) is 5.13 Å². The standard InChI is InChI=1S/C21H20Cl2N4O3S/c22-15-4-1-5-16(19(15)23)25-21-26-17(12-31-21)20(29)27(13-6-7-13)9-8-18(28)24-11-14-3-2-10-30-14/h1-5,10,12-13H,6-9,11H2,(H,24,28)(H,25,26). The number of rotatable bonds is 9. The molecule has 0 radical (unpaired) electrons. The molecule has 31 heavy (non-hydrogen) atoms. The lowest BCUT2D eigenvalue weighted by molar-refractivity contribution is -0.121. The van der Waals surface area contributed by atoms with Crippen LogP contribution in [0.3, 0.4) is 0 Å². The van der Waals surface area contributed by atoms with E-state index in [4.69, 9.17) is 27.6 Å². The number of nitrogens with zero attached hydrogens (tertiary/aromatic N) is 2. The van der Waals surface area contributed by atoms with E-state index in [1.54, 1.807) is 46.9 Å². The molecule has 0 unspecified atom stereocenters. The Kier molecular flexibility index (Phi) is 6.80. The molecule has 1 aromatic carbocycles. The predicted molar refractivity (Wildman–Crippen MR) is 121 cm³/mol. The summed E-state index contributed by atoms with van der Waals surface area (Å²) in [5.41, 5.74) is 0.961. The van der Waals surface area contributed by atoms with Crippen LogP contribution in [0.2, 0.25) is 10.0 Å². The third-order valence-corrected chi connectivity index (χ3v) is 6.36. The first-order chi connectivity index (χ1) is 15.0. The van der Waals surface area contributed by atoms with Gasteiger partial charge in [-0.3, -0.25) is 9.59 Å². The number of benzene rings is 1. The van der Waals surface area contributed by atoms with E-state index in [1.165, 1.54) is 11.3 Å². The van der Waals surface area contributed by atoms with Crippen LogP contribution in [0.25, 0.3) is 0 Å². The maximum absolute atomic E-state index is 13.0. The summed E-state index contributed by atoms with van der Waals surface area (Å²) in [6.45, 7) is 0.671. The molecule has 0 atom stereocenters. The fourth-order valence-corrected chi connectivity index (χ4v) is 4.08. The van der Waals surface area contributed by atoms with Crippen LogP contribution < -0.4 is 10.6 Å². The minimum atomic E-state index is -0.178. The zero-order valence-electron chi connectivity index (χ0n) is 16.4. The third-order valence-electron chi connectivity index (χ3n) is 4.78. The van der Waals surface area contributed by atoms with Crippen LogP contribution >= 0.6 is 34.5 Å². The van der Waals surface area contributed by atoms with Gasteiger partial charge >= 0.3 is 0 Å². The van der Waals surface area contributed by atoms with Crippen LogP contribution in [0.5, 0.6) is 0 Å². The molecule has 2 N–H and O–H groups in total. The van der Waals surface area contributed by atoms with Crippen molar-refractivity contribution in [3.63, 3.8) is 0 Å². The molecule has 2 aromatic heterocycles. The number of hydrogen-bond donors (Lipinski definition) is 2. The summed E-state index contributed by atoms with van der Waals surface area (Å²) in [7, 11) is 0. The van der Waals surface area contributed by atoms with E-state index < -0.39 is 0 Å². The van der Waals surface area contributed by atoms with Gasteiger partial charge in [0.1, 0.15) is 11.5 Å². The van der Waals surface area contributed by atoms with E-state index in [9.17, 15) is 9.59 Å². The smallest absolute Gasteiger partial charge is 0.273 e. The Balaban J connectivity index is 1.35. The minimum absolute atomic E-state index is 0.133. The Labute approximate surface area is 193 Å². The Bertz CT molecular complexity index is 1070. The summed E-state index contributed by atoms with van der Waals surface area (Å²) in [4.78, 5) is 31.3. The number of anilines is 2. The molecule has 1 saturated carbocycles. The highest BCUT2D eigenvalue weighted by molar-refractivity contribution is 7.14. The molecule has 4 rings (SSSR count). The largest absolute Gasteiger partial charge is 0.467 e. The second-order valence-electron chi connectivity index (χ2n) is 7.10. The minimum Gasteiger partial charge on any atom is -0.467 e. The molecule has 2 heterocycles. The number of carbonyl (C=O) groups is 2. The van der Waals surface area contributed by atoms with Gasteiger partial charge in [0.05, 0.1) is 28.5 Å². The molecule has 1 aliphatic rings. The maximum atomic E-state index is 13.0. The normalized spacial score (nSPS) is 13.1. The van der Waals surface area contributed by atoms with Crippen molar-refractivity contribution in [1.82, 2.24) is 15.2 Å². The van der Waals surface area contributed by atoms with Gasteiger partial charge in [-0.25, -0.2) is 4.98 Å². The molecule has 0 aliphatic heterocycles. The van der Waals surface area contributed by atoms with Crippen LogP contribution in [0, 0.1) is 0 Å². The monoisotopic (exact) mass is 478 g/mol. The molecule has 0 saturated heterocycles. The number of nitrogens with one attached hydrogen (secondary N) is 2. The number of carbonyl (C=O) groups excluding carboxylic acids is 2. The molecule has 1 aliphatic carbocycles. The Morgan fingerprint density at radius 3 is 2.81 bits per heavy atom. The highest BCUT2D eigenvalue weighted by Gasteiger charge is 2.34. The third kappa shape index (κ3) is 5.58. The second-order valence-corrected chi connectivity index (χ2v) is 8.74. The summed E-state index contributed by atoms with van der Waals surface area (Å²) in [6.07, 6.45) is 3.66. The van der Waals surface area contributed by atoms with E-state index in [0.29, 0.717) is 45.4 Å². The van der Waals surface area contributed by atoms with Gasteiger partial charge in [-0.2, -0.15) is 0 Å². The van der Waals surface area contributed by atoms with Gasteiger partial charge in [0.25, 0.3) is 5.91 Å². The molecule has 162 valence electrons. The Morgan fingerprint density at radius 1 is 1.23 bits per heavy atom. The lowest BCUT2D eigenvalue weighted by Gasteiger charge is -2.21. The van der Waals surface area contributed by atoms with Gasteiger partial charge in [0.2, 0.25) is 5.91 Å². The van der Waals surface area contributed by atoms with Crippen LogP contribution in [0.15, 0.2) is 46.4 Å². The summed E-state index contributed by atoms with van der Waals surface area (Å²) in [5, 5.41) is 8.98. The second kappa shape index (κ2) is 9.72. The molecule has 0 spiro atoms. The SMILES string of the molecule is O=C(CCN(C(=O)c1csc(Nc2cccc(Cl)c2Cl)n1)C1CC1)NCc1ccco1. The average molecular weight is 479 g/mol. The molecule has 1 fully saturated rings. The molecular weight excluding hydrogens is 459 g/mol. The molecule has 10 heteroatoms. The average Bonchev–Trinajstić information content (AvgIpc) is 3.25. The Morgan fingerprint density at radius 2 is 2.06 bits per heavy atom. The first-order valence-corrected chi connectivity index (χ1v) is 11.4. The number of furan rings is 1. The molecule has 3 aromatic rings. The molecule has 0 bridgehead atoms. The number of amides is 2. The summed E-state index contributed by atoms with van der Waals surface area (Å²) >= 11 is 13.6. The van der Waals surface area contributed by atoms with Crippen molar-refractivity contribution in [3.05, 3.63) is 63.5 Å². The number of hydrogen-bond acceptors (Lipinski definition) is 6. The van der Waals surface area contributed by atoms with Gasteiger partial charge in [-0.05, 0) is 37.1 Å². The first kappa shape index (κ1) is 21.7. The maximum Gasteiger partial charge on any atom is 0.273 e. The topological polar surface area (TPSA) is 87.5 Å². The van der Waals surface area contributed by atoms with E-state index in [0.717, 1.165) is 12.8 Å². The fourth-order valence-electron chi connectivity index (χ4n) is 3.04. The van der Waals surface area contributed by atoms with Crippen LogP contribution in [-0.4, -0.2) is 34.3 Å². The van der Waals surface area contributed by atoms with Crippen LogP contribution in [0.4, 0.5) is 10.8 Å². The number of aromatic nitrogens is 1. The van der Waals surface area contributed by atoms with Crippen LogP contribution in [-0.2, 0) is 11.3 Å². The van der Waals surface area contributed by atoms with Crippen molar-refractivity contribution in [3.8, 4) is 0 Å². The Hall–Kier alpha value is -2.55. The summed E-state index contributed by atoms with van der Waals surface area (Å²) < 4.78 is 5.20. The van der Waals surface area contributed by atoms with E-state index >= 15 is 0 Å². The van der Waals surface area contributed by atoms with Crippen molar-refractivity contribution in [2.45, 2.75) is 31.8 Å². The number of thiazole rings is 1. The van der Waals surface area contributed by atoms with Crippen molar-refractivity contribution in [2.24, 2.45) is 0 Å². The van der Waals surface area contributed by atoms with Gasteiger partial charge < -0.3 is 20.0 Å². The lowest BCUT2D eigenvalue weighted by Crippen LogP contribution is -2.37. The molecule has 2 amide bonds. The van der Waals surface area contributed by atoms with Gasteiger partial charge in [0, 0.05) is 24.4 Å². The fraction of sp³-hybridized carbons (Fsp3) is 0.286. The lowest BCUT2D eigenvalue weighted by atomic mass is 10.3. The predicted octanol–water partition coefficient (Wildman–Crippen LogP) is 5.10. The first-order valence-electron chi connectivity index (χ1n) is 9.78. The quantitative estimate of drug-likeness (QED) is 0.446. The zero-order chi connectivity index (χ0) is 21.8. The number of halogens is 2. The highest BCUT2D eigenvalue weighted by atomic mass is 35.5. The van der Waals surface area contributed by atoms with Gasteiger partial charge in [-0.1, -0.05) is 29.3 Å². The highest BCUT2D eigenvalue weighted by Crippen LogP contribution is 2.33. The van der Waals surface area contributed by atoms with Crippen molar-refractivity contribution in [2.75, 3.05) is 11.9 Å². The molecule has 7 nitrogen and oxygen atoms in total. The van der Waals surface area contributed by atoms with E-state index in [-0.39, 0.29) is 24.3 Å². The van der Waals surface area contributed by atoms with Gasteiger partial charge in [-0.15, -0.1) is 11.3 Å².